The number of hydrogen-bond acceptors (Lipinski definition) is 7. The van der Waals surface area contributed by atoms with Crippen LogP contribution in [0.1, 0.15) is 24.0 Å². The molecule has 2 aliphatic heterocycles. The highest BCUT2D eigenvalue weighted by atomic mass is 32.2. The molecule has 0 saturated carbocycles. The second-order valence-electron chi connectivity index (χ2n) is 8.37. The van der Waals surface area contributed by atoms with Crippen LogP contribution in [0.5, 0.6) is 0 Å². The van der Waals surface area contributed by atoms with Gasteiger partial charge < -0.3 is 9.80 Å². The maximum Gasteiger partial charge on any atom is 0.253 e. The molecule has 0 spiro atoms. The number of anilines is 1. The van der Waals surface area contributed by atoms with E-state index in [4.69, 9.17) is 4.98 Å². The molecule has 0 unspecified atom stereocenters. The number of amides is 1. The van der Waals surface area contributed by atoms with Crippen molar-refractivity contribution < 1.29 is 13.2 Å². The van der Waals surface area contributed by atoms with Crippen LogP contribution in [0.15, 0.2) is 33.9 Å². The number of carbonyl (C=O) groups is 1. The number of carbonyl (C=O) groups excluding carboxylic acids is 1. The second-order valence-corrected chi connectivity index (χ2v) is 12.4. The predicted octanol–water partition coefficient (Wildman–Crippen LogP) is 3.48. The van der Waals surface area contributed by atoms with Crippen molar-refractivity contribution in [3.8, 4) is 0 Å². The van der Waals surface area contributed by atoms with Crippen molar-refractivity contribution in [3.63, 3.8) is 0 Å². The van der Waals surface area contributed by atoms with Crippen molar-refractivity contribution in [2.45, 2.75) is 36.9 Å². The first-order valence-corrected chi connectivity index (χ1v) is 14.0. The van der Waals surface area contributed by atoms with Crippen LogP contribution in [0, 0.1) is 13.8 Å². The Morgan fingerprint density at radius 1 is 1.09 bits per heavy atom. The zero-order valence-electron chi connectivity index (χ0n) is 18.2. The maximum absolute atomic E-state index is 13.3. The fraction of sp³-hybridized carbons (Fsp3) is 0.455. The molecule has 2 aromatic heterocycles. The average Bonchev–Trinajstić information content (AvgIpc) is 3.56. The molecule has 10 heteroatoms. The van der Waals surface area contributed by atoms with Gasteiger partial charge in [-0.05, 0) is 55.3 Å². The van der Waals surface area contributed by atoms with Crippen molar-refractivity contribution in [2.24, 2.45) is 0 Å². The first-order valence-electron chi connectivity index (χ1n) is 10.8. The van der Waals surface area contributed by atoms with Gasteiger partial charge in [0.1, 0.15) is 10.3 Å². The second kappa shape index (κ2) is 8.40. The number of nitrogens with zero attached hydrogens (tertiary/aromatic N) is 4. The molecule has 5 rings (SSSR count). The lowest BCUT2D eigenvalue weighted by molar-refractivity contribution is -0.134. The predicted molar refractivity (Wildman–Crippen MR) is 129 cm³/mol. The Hall–Kier alpha value is -2.01. The van der Waals surface area contributed by atoms with Gasteiger partial charge in [-0.15, -0.1) is 11.3 Å². The Balaban J connectivity index is 1.28. The molecular weight excluding hydrogens is 464 g/mol. The molecule has 7 nitrogen and oxygen atoms in total. The molecule has 2 aliphatic rings. The van der Waals surface area contributed by atoms with Gasteiger partial charge in [0, 0.05) is 32.7 Å². The third kappa shape index (κ3) is 3.72. The Kier molecular flexibility index (Phi) is 5.73. The molecule has 4 heterocycles. The molecule has 0 N–H and O–H groups in total. The molecule has 0 bridgehead atoms. The lowest BCUT2D eigenvalue weighted by Crippen LogP contribution is -2.54. The van der Waals surface area contributed by atoms with Gasteiger partial charge in [0.25, 0.3) is 10.0 Å². The molecule has 32 heavy (non-hydrogen) atoms. The van der Waals surface area contributed by atoms with Gasteiger partial charge in [-0.25, -0.2) is 13.4 Å². The summed E-state index contributed by atoms with van der Waals surface area (Å²) in [5.74, 6) is -0.0712. The molecule has 170 valence electrons. The number of rotatable bonds is 4. The summed E-state index contributed by atoms with van der Waals surface area (Å²) in [5, 5.41) is 2.74. The number of fused-ring (bicyclic) bond motifs is 1. The summed E-state index contributed by atoms with van der Waals surface area (Å²) in [5.41, 5.74) is 3.51. The summed E-state index contributed by atoms with van der Waals surface area (Å²) in [7, 11) is -3.62. The molecule has 0 aliphatic carbocycles. The molecule has 1 atom stereocenters. The topological polar surface area (TPSA) is 73.8 Å². The van der Waals surface area contributed by atoms with Crippen LogP contribution in [0.25, 0.3) is 10.2 Å². The largest absolute Gasteiger partial charge is 0.345 e. The molecule has 1 amide bonds. The number of hydrogen-bond donors (Lipinski definition) is 0. The number of aromatic nitrogens is 1. The van der Waals surface area contributed by atoms with Crippen LogP contribution in [-0.4, -0.2) is 67.3 Å². The van der Waals surface area contributed by atoms with E-state index in [1.165, 1.54) is 31.5 Å². The summed E-state index contributed by atoms with van der Waals surface area (Å²) in [6, 6.07) is 7.01. The summed E-state index contributed by atoms with van der Waals surface area (Å²) in [6.07, 6.45) is 1.30. The van der Waals surface area contributed by atoms with Crippen LogP contribution in [0.4, 0.5) is 5.13 Å². The van der Waals surface area contributed by atoms with Crippen LogP contribution in [0.3, 0.4) is 0 Å². The summed E-state index contributed by atoms with van der Waals surface area (Å²) >= 11 is 2.89. The minimum atomic E-state index is -3.62. The van der Waals surface area contributed by atoms with Gasteiger partial charge in [-0.1, -0.05) is 23.5 Å². The first kappa shape index (κ1) is 21.8. The van der Waals surface area contributed by atoms with Crippen LogP contribution >= 0.6 is 22.7 Å². The normalized spacial score (nSPS) is 20.4. The molecule has 3 aromatic rings. The van der Waals surface area contributed by atoms with E-state index in [-0.39, 0.29) is 5.91 Å². The third-order valence-electron chi connectivity index (χ3n) is 6.48. The van der Waals surface area contributed by atoms with E-state index in [2.05, 4.69) is 30.9 Å². The fourth-order valence-corrected chi connectivity index (χ4v) is 8.33. The smallest absolute Gasteiger partial charge is 0.253 e. The van der Waals surface area contributed by atoms with Gasteiger partial charge in [0.2, 0.25) is 5.91 Å². The first-order chi connectivity index (χ1) is 15.4. The number of piperazine rings is 1. The Labute approximate surface area is 196 Å². The minimum Gasteiger partial charge on any atom is -0.345 e. The lowest BCUT2D eigenvalue weighted by atomic mass is 10.1. The van der Waals surface area contributed by atoms with Crippen molar-refractivity contribution in [1.29, 1.82) is 0 Å². The number of benzene rings is 1. The minimum absolute atomic E-state index is 0.0712. The van der Waals surface area contributed by atoms with Crippen LogP contribution < -0.4 is 4.90 Å². The maximum atomic E-state index is 13.3. The van der Waals surface area contributed by atoms with Crippen molar-refractivity contribution in [3.05, 3.63) is 40.8 Å². The van der Waals surface area contributed by atoms with Crippen molar-refractivity contribution in [2.75, 3.05) is 37.6 Å². The third-order valence-corrected chi connectivity index (χ3v) is 10.8. The quantitative estimate of drug-likeness (QED) is 0.560. The molecule has 2 fully saturated rings. The van der Waals surface area contributed by atoms with Crippen LogP contribution in [-0.2, 0) is 14.8 Å². The molecular formula is C22H26N4O3S3. The summed E-state index contributed by atoms with van der Waals surface area (Å²) < 4.78 is 28.9. The fourth-order valence-electron chi connectivity index (χ4n) is 4.48. The van der Waals surface area contributed by atoms with Gasteiger partial charge in [-0.3, -0.25) is 4.79 Å². The number of thiophene rings is 1. The van der Waals surface area contributed by atoms with E-state index >= 15 is 0 Å². The van der Waals surface area contributed by atoms with E-state index < -0.39 is 16.1 Å². The Bertz CT molecular complexity index is 1240. The van der Waals surface area contributed by atoms with Gasteiger partial charge in [0.05, 0.1) is 10.2 Å². The SMILES string of the molecule is Cc1ccc2sc(N3CCN(C(=O)[C@@H]4CCCN4S(=O)(=O)c4cccs4)CC3)nc2c1C. The van der Waals surface area contributed by atoms with E-state index in [9.17, 15) is 13.2 Å². The van der Waals surface area contributed by atoms with Gasteiger partial charge in [0.15, 0.2) is 5.13 Å². The highest BCUT2D eigenvalue weighted by Crippen LogP contribution is 2.33. The zero-order chi connectivity index (χ0) is 22.5. The molecule has 2 saturated heterocycles. The monoisotopic (exact) mass is 490 g/mol. The number of aryl methyl sites for hydroxylation is 2. The molecule has 0 radical (unpaired) electrons. The van der Waals surface area contributed by atoms with Gasteiger partial charge >= 0.3 is 0 Å². The summed E-state index contributed by atoms with van der Waals surface area (Å²) in [4.78, 5) is 22.2. The average molecular weight is 491 g/mol. The standard InChI is InChI=1S/C22H26N4O3S3/c1-15-7-8-18-20(16(15)2)23-22(31-18)25-12-10-24(11-13-25)21(27)17-5-3-9-26(17)32(28,29)19-6-4-14-30-19/h4,6-8,14,17H,3,5,9-13H2,1-2H3/t17-/m0/s1. The lowest BCUT2D eigenvalue weighted by Gasteiger charge is -2.37. The van der Waals surface area contributed by atoms with E-state index in [1.54, 1.807) is 28.8 Å². The highest BCUT2D eigenvalue weighted by molar-refractivity contribution is 7.91. The molecule has 1 aromatic carbocycles. The van der Waals surface area contributed by atoms with Gasteiger partial charge in [-0.2, -0.15) is 4.31 Å². The highest BCUT2D eigenvalue weighted by Gasteiger charge is 2.42. The Morgan fingerprint density at radius 3 is 2.59 bits per heavy atom. The Morgan fingerprint density at radius 2 is 1.88 bits per heavy atom. The van der Waals surface area contributed by atoms with Crippen molar-refractivity contribution >= 4 is 54.0 Å². The van der Waals surface area contributed by atoms with E-state index in [0.717, 1.165) is 10.6 Å². The van der Waals surface area contributed by atoms with Crippen LogP contribution in [0.2, 0.25) is 0 Å². The number of thiazole rings is 1. The number of sulfonamides is 1. The summed E-state index contributed by atoms with van der Waals surface area (Å²) in [6.45, 7) is 7.17. The van der Waals surface area contributed by atoms with E-state index in [1.807, 2.05) is 4.90 Å². The van der Waals surface area contributed by atoms with Crippen molar-refractivity contribution in [1.82, 2.24) is 14.2 Å². The van der Waals surface area contributed by atoms with E-state index in [0.29, 0.717) is 49.8 Å². The zero-order valence-corrected chi connectivity index (χ0v) is 20.6.